The second-order valence-corrected chi connectivity index (χ2v) is 3.89. The van der Waals surface area contributed by atoms with Crippen molar-refractivity contribution in [2.24, 2.45) is 0 Å². The highest BCUT2D eigenvalue weighted by molar-refractivity contribution is 5.07. The molecule has 16 heavy (non-hydrogen) atoms. The van der Waals surface area contributed by atoms with Crippen molar-refractivity contribution in [1.29, 1.82) is 0 Å². The largest absolute Gasteiger partial charge is 0.398 e. The minimum Gasteiger partial charge on any atom is -0.313 e. The van der Waals surface area contributed by atoms with Crippen LogP contribution < -0.4 is 5.32 Å². The number of nitrogens with one attached hydrogen (secondary N) is 1. The first-order valence-electron chi connectivity index (χ1n) is 5.17. The van der Waals surface area contributed by atoms with E-state index in [0.717, 1.165) is 0 Å². The molecule has 7 heteroatoms. The molecule has 2 rings (SSSR count). The van der Waals surface area contributed by atoms with Crippen molar-refractivity contribution in [3.8, 4) is 0 Å². The molecule has 1 N–H and O–H groups in total. The first-order valence-corrected chi connectivity index (χ1v) is 5.17. The van der Waals surface area contributed by atoms with Crippen molar-refractivity contribution in [2.75, 3.05) is 7.05 Å². The highest BCUT2D eigenvalue weighted by Gasteiger charge is 2.45. The number of alkyl halides is 3. The zero-order valence-corrected chi connectivity index (χ0v) is 8.88. The van der Waals surface area contributed by atoms with E-state index in [2.05, 4.69) is 15.5 Å². The molecular formula is C9H13F3N4. The minimum atomic E-state index is -4.22. The minimum absolute atomic E-state index is 0.0593. The quantitative estimate of drug-likeness (QED) is 0.842. The van der Waals surface area contributed by atoms with Gasteiger partial charge in [-0.15, -0.1) is 10.2 Å². The van der Waals surface area contributed by atoms with Gasteiger partial charge in [-0.05, 0) is 19.9 Å². The normalized spacial score (nSPS) is 20.9. The van der Waals surface area contributed by atoms with Gasteiger partial charge in [0.05, 0.1) is 6.54 Å². The summed E-state index contributed by atoms with van der Waals surface area (Å²) in [5.41, 5.74) is 0. The van der Waals surface area contributed by atoms with Crippen molar-refractivity contribution in [2.45, 2.75) is 38.0 Å². The standard InChI is InChI=1S/C9H13F3N4/c1-13-5-7-14-15-8-6(9(10,11)12)3-2-4-16(7)8/h6,13H,2-5H2,1H3. The molecule has 0 bridgehead atoms. The molecule has 0 aliphatic carbocycles. The zero-order chi connectivity index (χ0) is 11.8. The maximum absolute atomic E-state index is 12.7. The van der Waals surface area contributed by atoms with Gasteiger partial charge in [-0.25, -0.2) is 0 Å². The number of fused-ring (bicyclic) bond motifs is 1. The van der Waals surface area contributed by atoms with Gasteiger partial charge in [0.1, 0.15) is 17.6 Å². The third-order valence-electron chi connectivity index (χ3n) is 2.77. The van der Waals surface area contributed by atoms with Crippen LogP contribution in [-0.4, -0.2) is 28.0 Å². The second kappa shape index (κ2) is 4.04. The van der Waals surface area contributed by atoms with E-state index < -0.39 is 12.1 Å². The van der Waals surface area contributed by atoms with Gasteiger partial charge in [0.25, 0.3) is 0 Å². The molecule has 1 aromatic rings. The molecule has 0 radical (unpaired) electrons. The predicted molar refractivity (Wildman–Crippen MR) is 50.8 cm³/mol. The van der Waals surface area contributed by atoms with Crippen LogP contribution in [0.15, 0.2) is 0 Å². The lowest BCUT2D eigenvalue weighted by atomic mass is 9.98. The summed E-state index contributed by atoms with van der Waals surface area (Å²) in [6.45, 7) is 1.02. The van der Waals surface area contributed by atoms with Gasteiger partial charge in [-0.3, -0.25) is 0 Å². The summed E-state index contributed by atoms with van der Waals surface area (Å²) in [7, 11) is 1.73. The molecule has 1 aliphatic heterocycles. The van der Waals surface area contributed by atoms with Crippen LogP contribution in [0.1, 0.15) is 30.4 Å². The molecule has 90 valence electrons. The first-order chi connectivity index (χ1) is 7.54. The first kappa shape index (κ1) is 11.4. The van der Waals surface area contributed by atoms with E-state index in [-0.39, 0.29) is 12.2 Å². The highest BCUT2D eigenvalue weighted by atomic mass is 19.4. The van der Waals surface area contributed by atoms with Crippen molar-refractivity contribution < 1.29 is 13.2 Å². The van der Waals surface area contributed by atoms with E-state index in [1.807, 2.05) is 0 Å². The lowest BCUT2D eigenvalue weighted by molar-refractivity contribution is -0.156. The predicted octanol–water partition coefficient (Wildman–Crippen LogP) is 1.44. The Balaban J connectivity index is 2.33. The van der Waals surface area contributed by atoms with E-state index in [9.17, 15) is 13.2 Å². The van der Waals surface area contributed by atoms with Gasteiger partial charge in [-0.2, -0.15) is 13.2 Å². The molecule has 0 aromatic carbocycles. The summed E-state index contributed by atoms with van der Waals surface area (Å²) in [6.07, 6.45) is -3.59. The van der Waals surface area contributed by atoms with E-state index in [4.69, 9.17) is 0 Å². The van der Waals surface area contributed by atoms with Crippen molar-refractivity contribution >= 4 is 0 Å². The molecule has 0 spiro atoms. The number of hydrogen-bond donors (Lipinski definition) is 1. The molecule has 1 aromatic heterocycles. The summed E-state index contributed by atoms with van der Waals surface area (Å²) in [4.78, 5) is 0. The summed E-state index contributed by atoms with van der Waals surface area (Å²) in [5.74, 6) is -0.824. The third-order valence-corrected chi connectivity index (χ3v) is 2.77. The molecule has 1 atom stereocenters. The number of hydrogen-bond acceptors (Lipinski definition) is 3. The van der Waals surface area contributed by atoms with Crippen molar-refractivity contribution in [3.63, 3.8) is 0 Å². The molecule has 1 unspecified atom stereocenters. The smallest absolute Gasteiger partial charge is 0.313 e. The molecule has 1 aliphatic rings. The second-order valence-electron chi connectivity index (χ2n) is 3.89. The summed E-state index contributed by atoms with van der Waals surface area (Å²) in [5, 5.41) is 10.3. The number of aromatic nitrogens is 3. The Hall–Kier alpha value is -1.11. The Morgan fingerprint density at radius 2 is 2.19 bits per heavy atom. The highest BCUT2D eigenvalue weighted by Crippen LogP contribution is 2.40. The average Bonchev–Trinajstić information content (AvgIpc) is 2.61. The van der Waals surface area contributed by atoms with Crippen LogP contribution in [0, 0.1) is 0 Å². The van der Waals surface area contributed by atoms with Gasteiger partial charge >= 0.3 is 6.18 Å². The Bertz CT molecular complexity index is 371. The summed E-state index contributed by atoms with van der Waals surface area (Å²) in [6, 6.07) is 0. The SMILES string of the molecule is CNCc1nnc2n1CCCC2C(F)(F)F. The van der Waals surface area contributed by atoms with E-state index in [0.29, 0.717) is 25.3 Å². The molecule has 0 saturated heterocycles. The van der Waals surface area contributed by atoms with Gasteiger partial charge in [0, 0.05) is 6.54 Å². The fourth-order valence-electron chi connectivity index (χ4n) is 2.03. The van der Waals surface area contributed by atoms with Gasteiger partial charge in [-0.1, -0.05) is 0 Å². The fraction of sp³-hybridized carbons (Fsp3) is 0.778. The van der Waals surface area contributed by atoms with Crippen LogP contribution in [-0.2, 0) is 13.1 Å². The zero-order valence-electron chi connectivity index (χ0n) is 8.88. The van der Waals surface area contributed by atoms with Crippen LogP contribution in [0.4, 0.5) is 13.2 Å². The van der Waals surface area contributed by atoms with Gasteiger partial charge in [0.15, 0.2) is 0 Å². The van der Waals surface area contributed by atoms with Crippen LogP contribution in [0.3, 0.4) is 0 Å². The van der Waals surface area contributed by atoms with Gasteiger partial charge in [0.2, 0.25) is 0 Å². The van der Waals surface area contributed by atoms with Crippen LogP contribution in [0.25, 0.3) is 0 Å². The van der Waals surface area contributed by atoms with Crippen molar-refractivity contribution in [3.05, 3.63) is 11.6 Å². The number of rotatable bonds is 2. The monoisotopic (exact) mass is 234 g/mol. The summed E-state index contributed by atoms with van der Waals surface area (Å²) < 4.78 is 39.7. The Morgan fingerprint density at radius 3 is 2.81 bits per heavy atom. The van der Waals surface area contributed by atoms with E-state index in [1.54, 1.807) is 11.6 Å². The number of nitrogens with zero attached hydrogens (tertiary/aromatic N) is 3. The van der Waals surface area contributed by atoms with Crippen LogP contribution >= 0.6 is 0 Å². The van der Waals surface area contributed by atoms with Crippen LogP contribution in [0.5, 0.6) is 0 Å². The Kier molecular flexibility index (Phi) is 2.88. The Morgan fingerprint density at radius 1 is 1.44 bits per heavy atom. The third kappa shape index (κ3) is 1.91. The molecule has 0 fully saturated rings. The number of halogens is 3. The topological polar surface area (TPSA) is 42.7 Å². The lowest BCUT2D eigenvalue weighted by Gasteiger charge is -2.25. The Labute approximate surface area is 90.9 Å². The molecular weight excluding hydrogens is 221 g/mol. The average molecular weight is 234 g/mol. The maximum atomic E-state index is 12.7. The van der Waals surface area contributed by atoms with Gasteiger partial charge < -0.3 is 9.88 Å². The summed E-state index contributed by atoms with van der Waals surface area (Å²) >= 11 is 0. The molecule has 0 saturated carbocycles. The van der Waals surface area contributed by atoms with Crippen molar-refractivity contribution in [1.82, 2.24) is 20.1 Å². The fourth-order valence-corrected chi connectivity index (χ4v) is 2.03. The maximum Gasteiger partial charge on any atom is 0.398 e. The van der Waals surface area contributed by atoms with Crippen LogP contribution in [0.2, 0.25) is 0 Å². The van der Waals surface area contributed by atoms with E-state index in [1.165, 1.54) is 0 Å². The van der Waals surface area contributed by atoms with E-state index >= 15 is 0 Å². The molecule has 0 amide bonds. The molecule has 2 heterocycles. The lowest BCUT2D eigenvalue weighted by Crippen LogP contribution is -2.29. The molecule has 4 nitrogen and oxygen atoms in total.